The van der Waals surface area contributed by atoms with Crippen LogP contribution in [0.25, 0.3) is 17.1 Å². The first kappa shape index (κ1) is 25.4. The lowest BCUT2D eigenvalue weighted by molar-refractivity contribution is -0.118. The fraction of sp³-hybridized carbons (Fsp3) is 0.160. The number of hydrogen-bond donors (Lipinski definition) is 1. The Morgan fingerprint density at radius 1 is 1.03 bits per heavy atom. The van der Waals surface area contributed by atoms with Gasteiger partial charge in [-0.1, -0.05) is 27.7 Å². The molecule has 0 aliphatic heterocycles. The predicted octanol–water partition coefficient (Wildman–Crippen LogP) is 4.74. The molecule has 2 aromatic carbocycles. The Hall–Kier alpha value is -3.70. The van der Waals surface area contributed by atoms with Crippen molar-refractivity contribution in [3.63, 3.8) is 0 Å². The van der Waals surface area contributed by atoms with Gasteiger partial charge in [0.2, 0.25) is 0 Å². The summed E-state index contributed by atoms with van der Waals surface area (Å²) >= 11 is 4.74. The fourth-order valence-corrected chi connectivity index (χ4v) is 4.32. The second-order valence-corrected chi connectivity index (χ2v) is 9.30. The normalized spacial score (nSPS) is 11.3. The molecular formula is C25H23BrN6O3S. The number of methoxy groups -OCH3 is 2. The van der Waals surface area contributed by atoms with Gasteiger partial charge in [0.1, 0.15) is 0 Å². The Kier molecular flexibility index (Phi) is 8.34. The number of hydrogen-bond acceptors (Lipinski definition) is 8. The Morgan fingerprint density at radius 2 is 1.75 bits per heavy atom. The number of thioether (sulfide) groups is 1. The van der Waals surface area contributed by atoms with Gasteiger partial charge in [-0.2, -0.15) is 5.10 Å². The molecule has 0 spiro atoms. The summed E-state index contributed by atoms with van der Waals surface area (Å²) in [5.41, 5.74) is 5.78. The molecule has 4 rings (SSSR count). The first-order valence-corrected chi connectivity index (χ1v) is 12.6. The van der Waals surface area contributed by atoms with Crippen molar-refractivity contribution in [1.29, 1.82) is 0 Å². The highest BCUT2D eigenvalue weighted by molar-refractivity contribution is 9.10. The number of hydrazone groups is 1. The van der Waals surface area contributed by atoms with Crippen LogP contribution in [0.15, 0.2) is 81.7 Å². The largest absolute Gasteiger partial charge is 0.493 e. The minimum Gasteiger partial charge on any atom is -0.493 e. The molecule has 1 amide bonds. The highest BCUT2D eigenvalue weighted by Gasteiger charge is 2.17. The topological polar surface area (TPSA) is 104 Å². The summed E-state index contributed by atoms with van der Waals surface area (Å²) in [5.74, 6) is 1.70. The van der Waals surface area contributed by atoms with Crippen LogP contribution in [0.2, 0.25) is 0 Å². The standard InChI is InChI=1S/C25H23BrN6O3S/c1-16(18-4-9-21(34-2)22(14-18)35-3)28-29-23(33)15-36-25-31-30-24(17-10-12-27-13-11-17)32(25)20-7-5-19(26)6-8-20/h4-14H,15H2,1-3H3,(H,29,33)/b28-16-. The lowest BCUT2D eigenvalue weighted by Crippen LogP contribution is -2.21. The molecule has 0 atom stereocenters. The number of benzene rings is 2. The van der Waals surface area contributed by atoms with Crippen molar-refractivity contribution in [1.82, 2.24) is 25.2 Å². The van der Waals surface area contributed by atoms with E-state index in [9.17, 15) is 4.79 Å². The minimum absolute atomic E-state index is 0.105. The molecule has 184 valence electrons. The summed E-state index contributed by atoms with van der Waals surface area (Å²) in [7, 11) is 3.15. The van der Waals surface area contributed by atoms with E-state index in [4.69, 9.17) is 9.47 Å². The van der Waals surface area contributed by atoms with E-state index in [0.717, 1.165) is 21.3 Å². The molecule has 2 aromatic heterocycles. The summed E-state index contributed by atoms with van der Waals surface area (Å²) < 4.78 is 13.5. The number of aromatic nitrogens is 4. The van der Waals surface area contributed by atoms with Crippen LogP contribution >= 0.6 is 27.7 Å². The van der Waals surface area contributed by atoms with Crippen LogP contribution in [0.3, 0.4) is 0 Å². The summed E-state index contributed by atoms with van der Waals surface area (Å²) in [6.07, 6.45) is 3.41. The molecule has 0 unspecified atom stereocenters. The Morgan fingerprint density at radius 3 is 2.44 bits per heavy atom. The predicted molar refractivity (Wildman–Crippen MR) is 143 cm³/mol. The van der Waals surface area contributed by atoms with Gasteiger partial charge in [0.25, 0.3) is 5.91 Å². The average molecular weight is 567 g/mol. The maximum atomic E-state index is 12.6. The molecular weight excluding hydrogens is 544 g/mol. The van der Waals surface area contributed by atoms with Crippen molar-refractivity contribution in [3.05, 3.63) is 77.0 Å². The maximum absolute atomic E-state index is 12.6. The van der Waals surface area contributed by atoms with Gasteiger partial charge in [-0.05, 0) is 61.5 Å². The summed E-state index contributed by atoms with van der Waals surface area (Å²) in [5, 5.41) is 13.5. The van der Waals surface area contributed by atoms with E-state index in [2.05, 4.69) is 41.6 Å². The lowest BCUT2D eigenvalue weighted by atomic mass is 10.1. The number of carbonyl (C=O) groups excluding carboxylic acids is 1. The number of pyridine rings is 1. The monoisotopic (exact) mass is 566 g/mol. The Balaban J connectivity index is 1.49. The van der Waals surface area contributed by atoms with E-state index in [1.807, 2.05) is 47.0 Å². The highest BCUT2D eigenvalue weighted by Crippen LogP contribution is 2.29. The zero-order valence-corrected chi connectivity index (χ0v) is 22.2. The van der Waals surface area contributed by atoms with E-state index in [1.165, 1.54) is 11.8 Å². The highest BCUT2D eigenvalue weighted by atomic mass is 79.9. The van der Waals surface area contributed by atoms with Crippen molar-refractivity contribution >= 4 is 39.3 Å². The van der Waals surface area contributed by atoms with Gasteiger partial charge in [-0.25, -0.2) is 5.43 Å². The number of nitrogens with one attached hydrogen (secondary N) is 1. The molecule has 0 saturated heterocycles. The summed E-state index contributed by atoms with van der Waals surface area (Å²) in [4.78, 5) is 16.7. The molecule has 0 radical (unpaired) electrons. The van der Waals surface area contributed by atoms with Gasteiger partial charge in [0.15, 0.2) is 22.5 Å². The fourth-order valence-electron chi connectivity index (χ4n) is 3.31. The number of amides is 1. The SMILES string of the molecule is COc1ccc(/C(C)=N\NC(=O)CSc2nnc(-c3ccncc3)n2-c2ccc(Br)cc2)cc1OC. The summed E-state index contributed by atoms with van der Waals surface area (Å²) in [6, 6.07) is 17.0. The molecule has 0 aliphatic carbocycles. The minimum atomic E-state index is -0.268. The van der Waals surface area contributed by atoms with E-state index in [0.29, 0.717) is 28.2 Å². The van der Waals surface area contributed by atoms with Crippen LogP contribution in [-0.4, -0.2) is 51.3 Å². The van der Waals surface area contributed by atoms with Crippen LogP contribution in [-0.2, 0) is 4.79 Å². The zero-order chi connectivity index (χ0) is 25.5. The van der Waals surface area contributed by atoms with E-state index in [-0.39, 0.29) is 11.7 Å². The van der Waals surface area contributed by atoms with Gasteiger partial charge in [-0.3, -0.25) is 14.3 Å². The molecule has 0 fully saturated rings. The molecule has 1 N–H and O–H groups in total. The first-order chi connectivity index (χ1) is 17.5. The number of nitrogens with zero attached hydrogens (tertiary/aromatic N) is 5. The summed E-state index contributed by atoms with van der Waals surface area (Å²) in [6.45, 7) is 1.81. The quantitative estimate of drug-likeness (QED) is 0.177. The molecule has 0 saturated carbocycles. The number of carbonyl (C=O) groups is 1. The van der Waals surface area contributed by atoms with Crippen LogP contribution in [0, 0.1) is 0 Å². The molecule has 0 bridgehead atoms. The maximum Gasteiger partial charge on any atom is 0.250 e. The smallest absolute Gasteiger partial charge is 0.250 e. The van der Waals surface area contributed by atoms with Crippen LogP contribution in [0.4, 0.5) is 0 Å². The average Bonchev–Trinajstić information content (AvgIpc) is 3.35. The van der Waals surface area contributed by atoms with Gasteiger partial charge < -0.3 is 9.47 Å². The third kappa shape index (κ3) is 5.92. The number of ether oxygens (including phenoxy) is 2. The van der Waals surface area contributed by atoms with Crippen molar-refractivity contribution in [2.75, 3.05) is 20.0 Å². The third-order valence-electron chi connectivity index (χ3n) is 5.14. The molecule has 4 aromatic rings. The van der Waals surface area contributed by atoms with Crippen LogP contribution < -0.4 is 14.9 Å². The molecule has 11 heteroatoms. The molecule has 9 nitrogen and oxygen atoms in total. The van der Waals surface area contributed by atoms with Crippen molar-refractivity contribution in [2.45, 2.75) is 12.1 Å². The van der Waals surface area contributed by atoms with Crippen molar-refractivity contribution < 1.29 is 14.3 Å². The lowest BCUT2D eigenvalue weighted by Gasteiger charge is -2.11. The van der Waals surface area contributed by atoms with Crippen LogP contribution in [0.1, 0.15) is 12.5 Å². The number of rotatable bonds is 9. The van der Waals surface area contributed by atoms with E-state index >= 15 is 0 Å². The van der Waals surface area contributed by atoms with Gasteiger partial charge >= 0.3 is 0 Å². The second-order valence-electron chi connectivity index (χ2n) is 7.44. The Labute approximate surface area is 221 Å². The number of halogens is 1. The Bertz CT molecular complexity index is 1380. The zero-order valence-electron chi connectivity index (χ0n) is 19.8. The van der Waals surface area contributed by atoms with E-state index < -0.39 is 0 Å². The first-order valence-electron chi connectivity index (χ1n) is 10.8. The van der Waals surface area contributed by atoms with Gasteiger partial charge in [0, 0.05) is 33.7 Å². The van der Waals surface area contributed by atoms with Crippen LogP contribution in [0.5, 0.6) is 11.5 Å². The van der Waals surface area contributed by atoms with E-state index in [1.54, 1.807) is 45.7 Å². The molecule has 0 aliphatic rings. The third-order valence-corrected chi connectivity index (χ3v) is 6.60. The van der Waals surface area contributed by atoms with Gasteiger partial charge in [-0.15, -0.1) is 10.2 Å². The van der Waals surface area contributed by atoms with Gasteiger partial charge in [0.05, 0.1) is 25.7 Å². The molecule has 2 heterocycles. The van der Waals surface area contributed by atoms with Crippen molar-refractivity contribution in [2.24, 2.45) is 5.10 Å². The van der Waals surface area contributed by atoms with Crippen molar-refractivity contribution in [3.8, 4) is 28.6 Å². The molecule has 36 heavy (non-hydrogen) atoms. The second kappa shape index (κ2) is 11.8.